The average Bonchev–Trinajstić information content (AvgIpc) is 3.45. The van der Waals surface area contributed by atoms with Crippen molar-refractivity contribution >= 4 is 34.9 Å². The fourth-order valence-corrected chi connectivity index (χ4v) is 5.58. The number of pyridine rings is 1. The number of aliphatic hydroxyl groups is 1. The van der Waals surface area contributed by atoms with Crippen molar-refractivity contribution in [1.82, 2.24) is 9.88 Å². The van der Waals surface area contributed by atoms with Gasteiger partial charge in [0.05, 0.1) is 29.6 Å². The number of urea groups is 1. The van der Waals surface area contributed by atoms with Gasteiger partial charge in [-0.1, -0.05) is 17.7 Å². The first-order chi connectivity index (χ1) is 20.3. The minimum atomic E-state index is -5.27. The normalized spacial score (nSPS) is 19.2. The first-order valence-corrected chi connectivity index (χ1v) is 13.0. The summed E-state index contributed by atoms with van der Waals surface area (Å²) in [6, 6.07) is 10.4. The van der Waals surface area contributed by atoms with Crippen LogP contribution >= 0.6 is 11.6 Å². The van der Waals surface area contributed by atoms with Gasteiger partial charge in [0.25, 0.3) is 11.5 Å². The summed E-state index contributed by atoms with van der Waals surface area (Å²) in [6.07, 6.45) is -3.87. The third-order valence-electron chi connectivity index (χ3n) is 7.38. The number of β-amino-alcohol motifs (C(OH)–C–C–N with tert-alkyl or cyclic N) is 1. The number of carbonyl (C=O) groups is 2. The van der Waals surface area contributed by atoms with Crippen molar-refractivity contribution in [3.05, 3.63) is 122 Å². The molecule has 3 aromatic carbocycles. The Balaban J connectivity index is 1.50. The molecule has 1 aromatic heterocycles. The van der Waals surface area contributed by atoms with Crippen LogP contribution in [0.4, 0.5) is 38.1 Å². The summed E-state index contributed by atoms with van der Waals surface area (Å²) >= 11 is 6.32. The number of hydrogen-bond acceptors (Lipinski definition) is 4. The van der Waals surface area contributed by atoms with Crippen molar-refractivity contribution in [2.24, 2.45) is 0 Å². The maximum atomic E-state index is 14.2. The zero-order valence-corrected chi connectivity index (χ0v) is 22.3. The third kappa shape index (κ3) is 4.61. The van der Waals surface area contributed by atoms with Crippen LogP contribution in [0.2, 0.25) is 5.02 Å². The molecule has 14 heteroatoms. The first-order valence-electron chi connectivity index (χ1n) is 12.6. The zero-order valence-electron chi connectivity index (χ0n) is 21.5. The van der Waals surface area contributed by atoms with Crippen LogP contribution in [0.15, 0.2) is 77.7 Å². The number of rotatable bonds is 3. The molecule has 3 amide bonds. The lowest BCUT2D eigenvalue weighted by Gasteiger charge is -2.27. The Morgan fingerprint density at radius 2 is 1.74 bits per heavy atom. The van der Waals surface area contributed by atoms with Crippen LogP contribution in [0, 0.1) is 11.6 Å². The minimum absolute atomic E-state index is 0.0235. The summed E-state index contributed by atoms with van der Waals surface area (Å²) in [5.74, 6) is -2.38. The van der Waals surface area contributed by atoms with Crippen molar-refractivity contribution in [3.63, 3.8) is 0 Å². The SMILES string of the molecule is O=C1N[C@H](c2cc(F)ccc2Cl)c2c(NC(=O)N3C[C@](O)(C(F)(F)F)c4cc(F)ccc43)cc(-n3ccccc3=O)cc21. The van der Waals surface area contributed by atoms with Crippen LogP contribution in [0.1, 0.15) is 33.1 Å². The fourth-order valence-electron chi connectivity index (χ4n) is 5.35. The van der Waals surface area contributed by atoms with Gasteiger partial charge in [-0.05, 0) is 54.6 Å². The lowest BCUT2D eigenvalue weighted by Crippen LogP contribution is -2.48. The summed E-state index contributed by atoms with van der Waals surface area (Å²) in [5.41, 5.74) is -5.11. The van der Waals surface area contributed by atoms with Gasteiger partial charge in [-0.15, -0.1) is 0 Å². The summed E-state index contributed by atoms with van der Waals surface area (Å²) in [7, 11) is 0. The molecule has 3 heterocycles. The van der Waals surface area contributed by atoms with E-state index in [1.54, 1.807) is 6.07 Å². The highest BCUT2D eigenvalue weighted by Crippen LogP contribution is 2.49. The molecule has 43 heavy (non-hydrogen) atoms. The predicted molar refractivity (Wildman–Crippen MR) is 145 cm³/mol. The summed E-state index contributed by atoms with van der Waals surface area (Å²) in [6.45, 7) is -1.29. The van der Waals surface area contributed by atoms with Gasteiger partial charge in [-0.25, -0.2) is 13.6 Å². The number of carbonyl (C=O) groups excluding carboxylic acids is 2. The van der Waals surface area contributed by atoms with Gasteiger partial charge in [0.15, 0.2) is 0 Å². The summed E-state index contributed by atoms with van der Waals surface area (Å²) in [4.78, 5) is 39.9. The maximum Gasteiger partial charge on any atom is 0.423 e. The van der Waals surface area contributed by atoms with Crippen LogP contribution in [0.5, 0.6) is 0 Å². The molecule has 0 unspecified atom stereocenters. The van der Waals surface area contributed by atoms with Crippen LogP contribution < -0.4 is 21.1 Å². The van der Waals surface area contributed by atoms with Crippen LogP contribution in [-0.4, -0.2) is 34.3 Å². The molecule has 0 fully saturated rings. The minimum Gasteiger partial charge on any atom is -0.375 e. The second-order valence-corrected chi connectivity index (χ2v) is 10.4. The Hall–Kier alpha value is -4.75. The second-order valence-electron chi connectivity index (χ2n) is 9.97. The average molecular weight is 617 g/mol. The standard InChI is InChI=1S/C29H18ClF5N4O4/c30-20-6-4-14(31)9-17(20)25-24-18(26(41)37-25)11-16(38-8-2-1-3-23(38)40)12-21(24)36-27(42)39-13-28(43,29(33,34)35)19-10-15(32)5-7-22(19)39/h1-12,25,43H,13H2,(H,36,42)(H,37,41)/t25-,28-/m1/s1. The molecule has 0 radical (unpaired) electrons. The van der Waals surface area contributed by atoms with Crippen molar-refractivity contribution in [2.75, 3.05) is 16.8 Å². The number of nitrogens with zero attached hydrogens (tertiary/aromatic N) is 2. The quantitative estimate of drug-likeness (QED) is 0.268. The smallest absolute Gasteiger partial charge is 0.375 e. The van der Waals surface area contributed by atoms with Gasteiger partial charge in [0.2, 0.25) is 5.60 Å². The molecule has 2 aliphatic rings. The highest BCUT2D eigenvalue weighted by molar-refractivity contribution is 6.31. The Morgan fingerprint density at radius 1 is 1.02 bits per heavy atom. The second kappa shape index (κ2) is 9.92. The van der Waals surface area contributed by atoms with Crippen molar-refractivity contribution < 1.29 is 36.6 Å². The van der Waals surface area contributed by atoms with E-state index in [9.17, 15) is 41.4 Å². The number of benzene rings is 3. The fraction of sp³-hybridized carbons (Fsp3) is 0.138. The van der Waals surface area contributed by atoms with E-state index in [0.29, 0.717) is 11.0 Å². The van der Waals surface area contributed by atoms with E-state index >= 15 is 0 Å². The molecule has 4 aromatic rings. The Morgan fingerprint density at radius 3 is 2.47 bits per heavy atom. The molecule has 0 saturated carbocycles. The molecule has 3 N–H and O–H groups in total. The van der Waals surface area contributed by atoms with Crippen LogP contribution in [0.3, 0.4) is 0 Å². The number of halogens is 6. The van der Waals surface area contributed by atoms with E-state index in [1.165, 1.54) is 41.1 Å². The van der Waals surface area contributed by atoms with Crippen LogP contribution in [0.25, 0.3) is 5.69 Å². The Kier molecular flexibility index (Phi) is 6.54. The van der Waals surface area contributed by atoms with E-state index in [-0.39, 0.29) is 33.1 Å². The van der Waals surface area contributed by atoms with Gasteiger partial charge >= 0.3 is 12.2 Å². The molecule has 0 bridgehead atoms. The maximum absolute atomic E-state index is 14.2. The van der Waals surface area contributed by atoms with Gasteiger partial charge in [0, 0.05) is 39.5 Å². The predicted octanol–water partition coefficient (Wildman–Crippen LogP) is 5.40. The monoisotopic (exact) mass is 616 g/mol. The van der Waals surface area contributed by atoms with Crippen molar-refractivity contribution in [3.8, 4) is 5.69 Å². The first kappa shape index (κ1) is 28.4. The number of amides is 3. The third-order valence-corrected chi connectivity index (χ3v) is 7.73. The molecule has 220 valence electrons. The van der Waals surface area contributed by atoms with E-state index < -0.39 is 64.7 Å². The van der Waals surface area contributed by atoms with Crippen molar-refractivity contribution in [2.45, 2.75) is 17.8 Å². The number of aromatic nitrogens is 1. The van der Waals surface area contributed by atoms with E-state index in [0.717, 1.165) is 24.3 Å². The van der Waals surface area contributed by atoms with E-state index in [1.807, 2.05) is 0 Å². The number of hydrogen-bond donors (Lipinski definition) is 3. The molecule has 0 aliphatic carbocycles. The highest BCUT2D eigenvalue weighted by atomic mass is 35.5. The van der Waals surface area contributed by atoms with Gasteiger partial charge in [-0.3, -0.25) is 19.1 Å². The van der Waals surface area contributed by atoms with Crippen molar-refractivity contribution in [1.29, 1.82) is 0 Å². The topological polar surface area (TPSA) is 104 Å². The molecule has 0 saturated heterocycles. The van der Waals surface area contributed by atoms with E-state index in [4.69, 9.17) is 11.6 Å². The van der Waals surface area contributed by atoms with Gasteiger partial charge in [0.1, 0.15) is 11.6 Å². The molecule has 2 atom stereocenters. The molecule has 2 aliphatic heterocycles. The molecule has 0 spiro atoms. The van der Waals surface area contributed by atoms with Gasteiger partial charge in [-0.2, -0.15) is 13.2 Å². The Bertz CT molecular complexity index is 1900. The summed E-state index contributed by atoms with van der Waals surface area (Å²) in [5, 5.41) is 15.8. The largest absolute Gasteiger partial charge is 0.423 e. The van der Waals surface area contributed by atoms with Crippen LogP contribution in [-0.2, 0) is 5.60 Å². The summed E-state index contributed by atoms with van der Waals surface area (Å²) < 4.78 is 71.3. The molecule has 6 rings (SSSR count). The zero-order chi connectivity index (χ0) is 30.8. The molecular weight excluding hydrogens is 599 g/mol. The molecule has 8 nitrogen and oxygen atoms in total. The highest BCUT2D eigenvalue weighted by Gasteiger charge is 2.61. The number of alkyl halides is 3. The Labute approximate surface area is 243 Å². The van der Waals surface area contributed by atoms with Gasteiger partial charge < -0.3 is 15.7 Å². The number of nitrogens with one attached hydrogen (secondary N) is 2. The van der Waals surface area contributed by atoms with E-state index in [2.05, 4.69) is 10.6 Å². The lowest BCUT2D eigenvalue weighted by molar-refractivity contribution is -0.258. The number of fused-ring (bicyclic) bond motifs is 2. The lowest BCUT2D eigenvalue weighted by atomic mass is 9.95. The molecular formula is C29H18ClF5N4O4. The number of anilines is 2.